The van der Waals surface area contributed by atoms with Gasteiger partial charge in [-0.25, -0.2) is 9.67 Å². The van der Waals surface area contributed by atoms with Gasteiger partial charge in [0.2, 0.25) is 0 Å². The Balaban J connectivity index is 2.24. The number of hydrogen-bond donors (Lipinski definition) is 2. The minimum Gasteiger partial charge on any atom is -0.271 e. The maximum Gasteiger partial charge on any atom is 0.138 e. The summed E-state index contributed by atoms with van der Waals surface area (Å²) >= 11 is 6.20. The van der Waals surface area contributed by atoms with E-state index >= 15 is 0 Å². The Hall–Kier alpha value is -1.43. The lowest BCUT2D eigenvalue weighted by Gasteiger charge is -2.19. The van der Waals surface area contributed by atoms with Crippen molar-refractivity contribution in [3.05, 3.63) is 46.5 Å². The summed E-state index contributed by atoms with van der Waals surface area (Å²) in [5.74, 6) is 7.18. The third-order valence-electron chi connectivity index (χ3n) is 3.51. The van der Waals surface area contributed by atoms with E-state index in [0.29, 0.717) is 12.3 Å². The molecule has 0 aliphatic carbocycles. The van der Waals surface area contributed by atoms with Crippen LogP contribution in [0.15, 0.2) is 24.5 Å². The van der Waals surface area contributed by atoms with Gasteiger partial charge < -0.3 is 0 Å². The topological polar surface area (TPSA) is 68.8 Å². The second kappa shape index (κ2) is 7.02. The van der Waals surface area contributed by atoms with Gasteiger partial charge in [-0.15, -0.1) is 0 Å². The van der Waals surface area contributed by atoms with Crippen molar-refractivity contribution in [2.75, 3.05) is 0 Å². The normalized spacial score (nSPS) is 12.9. The summed E-state index contributed by atoms with van der Waals surface area (Å²) < 4.78 is 1.94. The van der Waals surface area contributed by atoms with E-state index in [-0.39, 0.29) is 6.04 Å². The van der Waals surface area contributed by atoms with Crippen LogP contribution >= 0.6 is 11.6 Å². The highest BCUT2D eigenvalue weighted by atomic mass is 35.5. The molecule has 0 amide bonds. The summed E-state index contributed by atoms with van der Waals surface area (Å²) in [7, 11) is 0. The number of aromatic nitrogens is 3. The fourth-order valence-electron chi connectivity index (χ4n) is 2.39. The molecule has 1 aromatic carbocycles. The molecule has 3 N–H and O–H groups in total. The molecule has 0 fully saturated rings. The molecule has 0 saturated heterocycles. The van der Waals surface area contributed by atoms with Crippen molar-refractivity contribution in [3.63, 3.8) is 0 Å². The first kappa shape index (κ1) is 15.9. The molecule has 2 rings (SSSR count). The zero-order valence-corrected chi connectivity index (χ0v) is 13.4. The van der Waals surface area contributed by atoms with E-state index in [1.165, 1.54) is 0 Å². The van der Waals surface area contributed by atoms with Crippen LogP contribution in [-0.4, -0.2) is 14.8 Å². The van der Waals surface area contributed by atoms with E-state index in [1.54, 1.807) is 6.33 Å². The summed E-state index contributed by atoms with van der Waals surface area (Å²) in [5.41, 5.74) is 4.99. The minimum absolute atomic E-state index is 0.0428. The van der Waals surface area contributed by atoms with E-state index < -0.39 is 0 Å². The zero-order valence-electron chi connectivity index (χ0n) is 12.7. The van der Waals surface area contributed by atoms with Gasteiger partial charge in [0.15, 0.2) is 0 Å². The molecule has 21 heavy (non-hydrogen) atoms. The summed E-state index contributed by atoms with van der Waals surface area (Å²) in [6, 6.07) is 5.82. The van der Waals surface area contributed by atoms with Gasteiger partial charge >= 0.3 is 0 Å². The summed E-state index contributed by atoms with van der Waals surface area (Å²) in [4.78, 5) is 4.36. The second-order valence-electron chi connectivity index (χ2n) is 5.63. The number of nitrogens with two attached hydrogens (primary N) is 1. The molecule has 0 bridgehead atoms. The van der Waals surface area contributed by atoms with Crippen molar-refractivity contribution >= 4 is 11.6 Å². The highest BCUT2D eigenvalue weighted by molar-refractivity contribution is 6.31. The largest absolute Gasteiger partial charge is 0.271 e. The molecule has 5 nitrogen and oxygen atoms in total. The first-order chi connectivity index (χ1) is 10.0. The Kier molecular flexibility index (Phi) is 5.33. The van der Waals surface area contributed by atoms with Gasteiger partial charge in [0, 0.05) is 18.0 Å². The third kappa shape index (κ3) is 3.81. The van der Waals surface area contributed by atoms with Crippen LogP contribution in [0.4, 0.5) is 0 Å². The predicted molar refractivity (Wildman–Crippen MR) is 84.8 cm³/mol. The van der Waals surface area contributed by atoms with Gasteiger partial charge in [-0.1, -0.05) is 37.6 Å². The summed E-state index contributed by atoms with van der Waals surface area (Å²) in [5, 5.41) is 5.03. The molecule has 0 spiro atoms. The Morgan fingerprint density at radius 3 is 2.81 bits per heavy atom. The Morgan fingerprint density at radius 2 is 2.14 bits per heavy atom. The summed E-state index contributed by atoms with van der Waals surface area (Å²) in [6.45, 7) is 7.17. The van der Waals surface area contributed by atoms with E-state index in [0.717, 1.165) is 28.5 Å². The SMILES string of the molecule is Cc1c(Cl)cccc1C(Cc1ncnn1CC(C)C)NN. The van der Waals surface area contributed by atoms with Gasteiger partial charge in [-0.05, 0) is 30.0 Å². The number of nitrogens with one attached hydrogen (secondary N) is 1. The van der Waals surface area contributed by atoms with Gasteiger partial charge in [0.05, 0.1) is 6.04 Å². The third-order valence-corrected chi connectivity index (χ3v) is 3.92. The van der Waals surface area contributed by atoms with Crippen LogP contribution < -0.4 is 11.3 Å². The molecule has 1 atom stereocenters. The summed E-state index contributed by atoms with van der Waals surface area (Å²) in [6.07, 6.45) is 2.26. The lowest BCUT2D eigenvalue weighted by atomic mass is 9.99. The maximum atomic E-state index is 6.20. The lowest BCUT2D eigenvalue weighted by Crippen LogP contribution is -2.31. The Bertz CT molecular complexity index is 593. The van der Waals surface area contributed by atoms with Gasteiger partial charge in [0.1, 0.15) is 12.2 Å². The molecule has 0 saturated carbocycles. The van der Waals surface area contributed by atoms with Crippen molar-refractivity contribution in [1.29, 1.82) is 0 Å². The standard InChI is InChI=1S/C15H22ClN5/c1-10(2)8-21-15(18-9-19-21)7-14(20-17)12-5-4-6-13(16)11(12)3/h4-6,9-10,14,20H,7-8,17H2,1-3H3. The fourth-order valence-corrected chi connectivity index (χ4v) is 2.57. The van der Waals surface area contributed by atoms with Crippen LogP contribution in [0.3, 0.4) is 0 Å². The smallest absolute Gasteiger partial charge is 0.138 e. The molecule has 6 heteroatoms. The molecule has 2 aromatic rings. The van der Waals surface area contributed by atoms with Gasteiger partial charge in [0.25, 0.3) is 0 Å². The number of hydrogen-bond acceptors (Lipinski definition) is 4. The molecular formula is C15H22ClN5. The first-order valence-corrected chi connectivity index (χ1v) is 7.48. The van der Waals surface area contributed by atoms with Crippen LogP contribution in [0.2, 0.25) is 5.02 Å². The number of halogens is 1. The van der Waals surface area contributed by atoms with Crippen molar-refractivity contribution in [1.82, 2.24) is 20.2 Å². The molecule has 1 heterocycles. The second-order valence-corrected chi connectivity index (χ2v) is 6.04. The van der Waals surface area contributed by atoms with Crippen molar-refractivity contribution in [2.24, 2.45) is 11.8 Å². The van der Waals surface area contributed by atoms with E-state index in [1.807, 2.05) is 29.8 Å². The Labute approximate surface area is 130 Å². The molecule has 1 aromatic heterocycles. The van der Waals surface area contributed by atoms with Crippen molar-refractivity contribution in [2.45, 2.75) is 39.8 Å². The molecule has 0 radical (unpaired) electrons. The van der Waals surface area contributed by atoms with Crippen LogP contribution in [0, 0.1) is 12.8 Å². The van der Waals surface area contributed by atoms with Crippen LogP contribution in [0.5, 0.6) is 0 Å². The van der Waals surface area contributed by atoms with Gasteiger partial charge in [-0.2, -0.15) is 5.10 Å². The van der Waals surface area contributed by atoms with E-state index in [2.05, 4.69) is 29.4 Å². The monoisotopic (exact) mass is 307 g/mol. The quantitative estimate of drug-likeness (QED) is 0.636. The molecule has 1 unspecified atom stereocenters. The maximum absolute atomic E-state index is 6.20. The van der Waals surface area contributed by atoms with E-state index in [9.17, 15) is 0 Å². The predicted octanol–water partition coefficient (Wildman–Crippen LogP) is 2.64. The number of hydrazine groups is 1. The number of rotatable bonds is 6. The lowest BCUT2D eigenvalue weighted by molar-refractivity contribution is 0.446. The van der Waals surface area contributed by atoms with Gasteiger partial charge in [-0.3, -0.25) is 11.3 Å². The van der Waals surface area contributed by atoms with Crippen LogP contribution in [0.25, 0.3) is 0 Å². The number of benzene rings is 1. The number of nitrogens with zero attached hydrogens (tertiary/aromatic N) is 3. The van der Waals surface area contributed by atoms with Crippen LogP contribution in [-0.2, 0) is 13.0 Å². The first-order valence-electron chi connectivity index (χ1n) is 7.10. The average Bonchev–Trinajstić information content (AvgIpc) is 2.86. The average molecular weight is 308 g/mol. The zero-order chi connectivity index (χ0) is 15.4. The minimum atomic E-state index is -0.0428. The molecular weight excluding hydrogens is 286 g/mol. The van der Waals surface area contributed by atoms with Crippen molar-refractivity contribution < 1.29 is 0 Å². The van der Waals surface area contributed by atoms with Crippen molar-refractivity contribution in [3.8, 4) is 0 Å². The molecule has 0 aliphatic rings. The molecule has 114 valence electrons. The fraction of sp³-hybridized carbons (Fsp3) is 0.467. The highest BCUT2D eigenvalue weighted by Gasteiger charge is 2.17. The van der Waals surface area contributed by atoms with Crippen LogP contribution in [0.1, 0.15) is 36.8 Å². The molecule has 0 aliphatic heterocycles. The van der Waals surface area contributed by atoms with E-state index in [4.69, 9.17) is 17.4 Å². The highest BCUT2D eigenvalue weighted by Crippen LogP contribution is 2.25. The Morgan fingerprint density at radius 1 is 1.38 bits per heavy atom.